The summed E-state index contributed by atoms with van der Waals surface area (Å²) in [4.78, 5) is 4.01. The molecule has 18 heavy (non-hydrogen) atoms. The molecule has 1 aromatic heterocycles. The van der Waals surface area contributed by atoms with Gasteiger partial charge in [-0.05, 0) is 30.3 Å². The molecule has 0 spiro atoms. The molecule has 1 aliphatic rings. The third kappa shape index (κ3) is 2.43. The molecular formula is C14H15N2O2+. The second-order valence-electron chi connectivity index (χ2n) is 4.24. The van der Waals surface area contributed by atoms with E-state index >= 15 is 0 Å². The fourth-order valence-electron chi connectivity index (χ4n) is 1.99. The van der Waals surface area contributed by atoms with Crippen molar-refractivity contribution >= 4 is 0 Å². The molecule has 2 heterocycles. The van der Waals surface area contributed by atoms with E-state index in [4.69, 9.17) is 9.47 Å². The van der Waals surface area contributed by atoms with Crippen molar-refractivity contribution in [3.63, 3.8) is 0 Å². The molecule has 1 aromatic carbocycles. The van der Waals surface area contributed by atoms with Crippen LogP contribution in [0.25, 0.3) is 0 Å². The number of fused-ring (bicyclic) bond motifs is 1. The van der Waals surface area contributed by atoms with Crippen molar-refractivity contribution in [3.8, 4) is 11.5 Å². The van der Waals surface area contributed by atoms with Gasteiger partial charge in [-0.1, -0.05) is 0 Å². The first-order valence-corrected chi connectivity index (χ1v) is 6.01. The maximum Gasteiger partial charge on any atom is 0.231 e. The number of hydrogen-bond donors (Lipinski definition) is 1. The van der Waals surface area contributed by atoms with Gasteiger partial charge in [0.2, 0.25) is 6.79 Å². The highest BCUT2D eigenvalue weighted by atomic mass is 16.7. The van der Waals surface area contributed by atoms with Crippen LogP contribution >= 0.6 is 0 Å². The van der Waals surface area contributed by atoms with E-state index in [9.17, 15) is 0 Å². The van der Waals surface area contributed by atoms with Crippen LogP contribution in [0.3, 0.4) is 0 Å². The second-order valence-corrected chi connectivity index (χ2v) is 4.24. The van der Waals surface area contributed by atoms with Crippen LogP contribution in [0, 0.1) is 0 Å². The van der Waals surface area contributed by atoms with Gasteiger partial charge in [0.1, 0.15) is 13.1 Å². The molecule has 92 valence electrons. The molecule has 1 aliphatic heterocycles. The number of aromatic nitrogens is 1. The van der Waals surface area contributed by atoms with Crippen LogP contribution in [0.4, 0.5) is 0 Å². The maximum absolute atomic E-state index is 5.36. The molecule has 0 aliphatic carbocycles. The first kappa shape index (κ1) is 11.0. The zero-order valence-corrected chi connectivity index (χ0v) is 10.0. The third-order valence-electron chi connectivity index (χ3n) is 2.95. The number of rotatable bonds is 4. The van der Waals surface area contributed by atoms with Crippen molar-refractivity contribution in [1.29, 1.82) is 0 Å². The number of quaternary nitrogens is 1. The van der Waals surface area contributed by atoms with Gasteiger partial charge in [0.05, 0.1) is 0 Å². The lowest BCUT2D eigenvalue weighted by Gasteiger charge is -2.03. The normalized spacial score (nSPS) is 12.7. The van der Waals surface area contributed by atoms with Gasteiger partial charge in [-0.25, -0.2) is 0 Å². The van der Waals surface area contributed by atoms with Crippen molar-refractivity contribution in [3.05, 3.63) is 53.9 Å². The fourth-order valence-corrected chi connectivity index (χ4v) is 1.99. The van der Waals surface area contributed by atoms with Gasteiger partial charge in [0, 0.05) is 23.5 Å². The highest BCUT2D eigenvalue weighted by Crippen LogP contribution is 2.32. The zero-order valence-electron chi connectivity index (χ0n) is 10.0. The first-order chi connectivity index (χ1) is 8.92. The van der Waals surface area contributed by atoms with Gasteiger partial charge >= 0.3 is 0 Å². The summed E-state index contributed by atoms with van der Waals surface area (Å²) < 4.78 is 10.6. The summed E-state index contributed by atoms with van der Waals surface area (Å²) in [5.74, 6) is 1.69. The van der Waals surface area contributed by atoms with Crippen LogP contribution in [0.5, 0.6) is 11.5 Å². The Bertz CT molecular complexity index is 529. The summed E-state index contributed by atoms with van der Waals surface area (Å²) in [6.45, 7) is 2.22. The molecule has 0 unspecified atom stereocenters. The van der Waals surface area contributed by atoms with Gasteiger partial charge in [0.25, 0.3) is 0 Å². The van der Waals surface area contributed by atoms with Crippen LogP contribution < -0.4 is 14.8 Å². The van der Waals surface area contributed by atoms with Gasteiger partial charge in [-0.15, -0.1) is 0 Å². The minimum atomic E-state index is 0.333. The lowest BCUT2D eigenvalue weighted by molar-refractivity contribution is -0.686. The zero-order chi connectivity index (χ0) is 12.2. The molecule has 0 radical (unpaired) electrons. The van der Waals surface area contributed by atoms with E-state index in [2.05, 4.69) is 16.4 Å². The van der Waals surface area contributed by atoms with Gasteiger partial charge in [0.15, 0.2) is 11.5 Å². The average molecular weight is 243 g/mol. The van der Waals surface area contributed by atoms with Crippen molar-refractivity contribution in [1.82, 2.24) is 4.98 Å². The summed E-state index contributed by atoms with van der Waals surface area (Å²) in [5.41, 5.74) is 2.53. The monoisotopic (exact) mass is 243 g/mol. The van der Waals surface area contributed by atoms with Gasteiger partial charge < -0.3 is 14.8 Å². The Morgan fingerprint density at radius 1 is 0.944 bits per heavy atom. The SMILES string of the molecule is c1cc(C[NH2+]Cc2ccc3c(c2)OCO3)ccn1. The summed E-state index contributed by atoms with van der Waals surface area (Å²) in [5, 5.41) is 2.26. The van der Waals surface area contributed by atoms with Crippen LogP contribution in [-0.4, -0.2) is 11.8 Å². The van der Waals surface area contributed by atoms with Gasteiger partial charge in [-0.2, -0.15) is 0 Å². The standard InChI is InChI=1S/C14H14N2O2/c1-2-13-14(18-10-17-13)7-12(1)9-16-8-11-3-5-15-6-4-11/h1-7,16H,8-10H2/p+1. The highest BCUT2D eigenvalue weighted by Gasteiger charge is 2.13. The predicted octanol–water partition coefficient (Wildman–Crippen LogP) is 1.07. The Hall–Kier alpha value is -2.07. The smallest absolute Gasteiger partial charge is 0.231 e. The number of hydrogen-bond acceptors (Lipinski definition) is 3. The van der Waals surface area contributed by atoms with Gasteiger partial charge in [-0.3, -0.25) is 4.98 Å². The number of ether oxygens (including phenoxy) is 2. The summed E-state index contributed by atoms with van der Waals surface area (Å²) in [6, 6.07) is 10.2. The minimum absolute atomic E-state index is 0.333. The maximum atomic E-state index is 5.36. The van der Waals surface area contributed by atoms with E-state index in [1.165, 1.54) is 11.1 Å². The van der Waals surface area contributed by atoms with Crippen LogP contribution in [0.15, 0.2) is 42.7 Å². The lowest BCUT2D eigenvalue weighted by atomic mass is 10.2. The van der Waals surface area contributed by atoms with E-state index in [0.29, 0.717) is 6.79 Å². The molecule has 3 rings (SSSR count). The molecular weight excluding hydrogens is 228 g/mol. The molecule has 0 saturated heterocycles. The van der Waals surface area contributed by atoms with Crippen LogP contribution in [0.2, 0.25) is 0 Å². The third-order valence-corrected chi connectivity index (χ3v) is 2.95. The fraction of sp³-hybridized carbons (Fsp3) is 0.214. The summed E-state index contributed by atoms with van der Waals surface area (Å²) in [7, 11) is 0. The van der Waals surface area contributed by atoms with E-state index in [1.54, 1.807) is 0 Å². The van der Waals surface area contributed by atoms with Crippen LogP contribution in [-0.2, 0) is 13.1 Å². The number of pyridine rings is 1. The molecule has 2 aromatic rings. The Morgan fingerprint density at radius 3 is 2.61 bits per heavy atom. The predicted molar refractivity (Wildman–Crippen MR) is 66.1 cm³/mol. The topological polar surface area (TPSA) is 48.0 Å². The molecule has 0 atom stereocenters. The van der Waals surface area contributed by atoms with E-state index in [-0.39, 0.29) is 0 Å². The molecule has 4 nitrogen and oxygen atoms in total. The molecule has 4 heteroatoms. The molecule has 0 amide bonds. The van der Waals surface area contributed by atoms with Crippen molar-refractivity contribution in [2.45, 2.75) is 13.1 Å². The van der Waals surface area contributed by atoms with E-state index < -0.39 is 0 Å². The summed E-state index contributed by atoms with van der Waals surface area (Å²) in [6.07, 6.45) is 3.65. The molecule has 0 fully saturated rings. The Balaban J connectivity index is 1.57. The largest absolute Gasteiger partial charge is 0.454 e. The number of nitrogens with zero attached hydrogens (tertiary/aromatic N) is 1. The highest BCUT2D eigenvalue weighted by molar-refractivity contribution is 5.44. The first-order valence-electron chi connectivity index (χ1n) is 6.01. The van der Waals surface area contributed by atoms with E-state index in [0.717, 1.165) is 24.6 Å². The average Bonchev–Trinajstić information content (AvgIpc) is 2.87. The van der Waals surface area contributed by atoms with Crippen molar-refractivity contribution < 1.29 is 14.8 Å². The molecule has 0 bridgehead atoms. The molecule has 0 saturated carbocycles. The Morgan fingerprint density at radius 2 is 1.72 bits per heavy atom. The van der Waals surface area contributed by atoms with Crippen molar-refractivity contribution in [2.75, 3.05) is 6.79 Å². The summed E-state index contributed by atoms with van der Waals surface area (Å²) >= 11 is 0. The van der Waals surface area contributed by atoms with Crippen LogP contribution in [0.1, 0.15) is 11.1 Å². The Labute approximate surface area is 106 Å². The number of nitrogens with two attached hydrogens (primary N) is 1. The second kappa shape index (κ2) is 5.06. The van der Waals surface area contributed by atoms with Crippen molar-refractivity contribution in [2.24, 2.45) is 0 Å². The Kier molecular flexibility index (Phi) is 3.10. The van der Waals surface area contributed by atoms with E-state index in [1.807, 2.05) is 36.7 Å². The number of benzene rings is 1. The minimum Gasteiger partial charge on any atom is -0.454 e. The quantitative estimate of drug-likeness (QED) is 0.874. The molecule has 2 N–H and O–H groups in total. The lowest BCUT2D eigenvalue weighted by Crippen LogP contribution is -2.80.